The van der Waals surface area contributed by atoms with Crippen LogP contribution in [0, 0.1) is 5.82 Å². The van der Waals surface area contributed by atoms with E-state index in [1.165, 1.54) is 36.4 Å². The van der Waals surface area contributed by atoms with Gasteiger partial charge in [0, 0.05) is 16.5 Å². The van der Waals surface area contributed by atoms with Crippen LogP contribution in [-0.4, -0.2) is 49.3 Å². The van der Waals surface area contributed by atoms with Crippen LogP contribution >= 0.6 is 23.2 Å². The summed E-state index contributed by atoms with van der Waals surface area (Å²) in [4.78, 5) is 15.3. The number of alkyl halides is 3. The minimum atomic E-state index is -4.84. The van der Waals surface area contributed by atoms with Crippen molar-refractivity contribution in [2.24, 2.45) is 0 Å². The van der Waals surface area contributed by atoms with E-state index in [1.807, 2.05) is 0 Å². The Balaban J connectivity index is 1.71. The van der Waals surface area contributed by atoms with E-state index in [0.29, 0.717) is 38.3 Å². The summed E-state index contributed by atoms with van der Waals surface area (Å²) in [6, 6.07) is 14.8. The highest BCUT2D eigenvalue weighted by atomic mass is 35.5. The van der Waals surface area contributed by atoms with Crippen molar-refractivity contribution in [2.45, 2.75) is 61.4 Å². The highest BCUT2D eigenvalue weighted by molar-refractivity contribution is 7.93. The molecule has 3 aromatic carbocycles. The first-order chi connectivity index (χ1) is 21.3. The third-order valence-corrected chi connectivity index (χ3v) is 10.6. The van der Waals surface area contributed by atoms with Gasteiger partial charge in [-0.3, -0.25) is 9.10 Å². The van der Waals surface area contributed by atoms with Gasteiger partial charge in [0.15, 0.2) is 0 Å². The van der Waals surface area contributed by atoms with Crippen LogP contribution < -0.4 is 4.31 Å². The lowest BCUT2D eigenvalue weighted by Gasteiger charge is -2.49. The van der Waals surface area contributed by atoms with Gasteiger partial charge in [-0.15, -0.1) is 6.58 Å². The molecule has 1 aliphatic carbocycles. The van der Waals surface area contributed by atoms with E-state index in [2.05, 4.69) is 6.58 Å². The van der Waals surface area contributed by atoms with Gasteiger partial charge in [0.1, 0.15) is 18.0 Å². The van der Waals surface area contributed by atoms with Gasteiger partial charge >= 0.3 is 6.18 Å². The highest BCUT2D eigenvalue weighted by Crippen LogP contribution is 2.46. The summed E-state index contributed by atoms with van der Waals surface area (Å²) < 4.78 is 92.8. The maximum absolute atomic E-state index is 15.2. The summed E-state index contributed by atoms with van der Waals surface area (Å²) in [5.74, 6) is -1.71. The minimum Gasteiger partial charge on any atom is -0.358 e. The van der Waals surface area contributed by atoms with Crippen LogP contribution in [0.5, 0.6) is 0 Å². The van der Waals surface area contributed by atoms with Gasteiger partial charge in [0.25, 0.3) is 5.91 Å². The van der Waals surface area contributed by atoms with Gasteiger partial charge in [-0.05, 0) is 60.4 Å². The van der Waals surface area contributed by atoms with Gasteiger partial charge in [0.2, 0.25) is 10.0 Å². The fourth-order valence-corrected chi connectivity index (χ4v) is 7.88. The number of hydrogen-bond donors (Lipinski definition) is 0. The molecule has 0 unspecified atom stereocenters. The lowest BCUT2D eigenvalue weighted by Crippen LogP contribution is -2.58. The molecular formula is C32H30Cl2F4N2O4S. The van der Waals surface area contributed by atoms with Crippen LogP contribution in [0.2, 0.25) is 10.0 Å². The summed E-state index contributed by atoms with van der Waals surface area (Å²) in [6.45, 7) is 2.83. The molecule has 0 bridgehead atoms. The third kappa shape index (κ3) is 7.48. The van der Waals surface area contributed by atoms with Gasteiger partial charge < -0.3 is 9.64 Å². The Morgan fingerprint density at radius 1 is 1.00 bits per heavy atom. The maximum atomic E-state index is 15.2. The fraction of sp³-hybridized carbons (Fsp3) is 0.344. The lowest BCUT2D eigenvalue weighted by atomic mass is 9.89. The minimum absolute atomic E-state index is 0.0319. The van der Waals surface area contributed by atoms with Crippen molar-refractivity contribution in [1.29, 1.82) is 0 Å². The number of para-hydroxylation sites is 1. The van der Waals surface area contributed by atoms with Gasteiger partial charge in [-0.25, -0.2) is 12.8 Å². The molecule has 1 amide bonds. The van der Waals surface area contributed by atoms with Crippen molar-refractivity contribution in [2.75, 3.05) is 10.8 Å². The van der Waals surface area contributed by atoms with Crippen molar-refractivity contribution < 1.29 is 35.5 Å². The number of sulfonamides is 1. The SMILES string of the molecule is C=CC[C@H]1O[C@H](c2cccc(Cl)c2)[C@@H](c2ccc(Cl)cc2)N([C@@H](CN(c2ccccc2F)S(=O)(=O)C2CC2)CC(F)(F)F)C1=O. The van der Waals surface area contributed by atoms with Crippen molar-refractivity contribution in [3.8, 4) is 0 Å². The molecule has 3 aromatic rings. The van der Waals surface area contributed by atoms with Crippen LogP contribution in [0.4, 0.5) is 23.2 Å². The molecule has 0 spiro atoms. The summed E-state index contributed by atoms with van der Waals surface area (Å²) in [6.07, 6.45) is -6.71. The zero-order chi connectivity index (χ0) is 32.5. The summed E-state index contributed by atoms with van der Waals surface area (Å²) in [5.41, 5.74) is 0.482. The second-order valence-electron chi connectivity index (χ2n) is 11.1. The molecule has 1 aliphatic heterocycles. The monoisotopic (exact) mass is 684 g/mol. The lowest BCUT2D eigenvalue weighted by molar-refractivity contribution is -0.189. The number of carbonyl (C=O) groups excluding carboxylic acids is 1. The smallest absolute Gasteiger partial charge is 0.358 e. The quantitative estimate of drug-likeness (QED) is 0.152. The predicted octanol–water partition coefficient (Wildman–Crippen LogP) is 8.04. The first-order valence-corrected chi connectivity index (χ1v) is 16.5. The number of halogens is 6. The maximum Gasteiger partial charge on any atom is 0.391 e. The zero-order valence-corrected chi connectivity index (χ0v) is 26.2. The molecule has 0 N–H and O–H groups in total. The van der Waals surface area contributed by atoms with Crippen LogP contribution in [0.3, 0.4) is 0 Å². The van der Waals surface area contributed by atoms with E-state index >= 15 is 4.39 Å². The van der Waals surface area contributed by atoms with Crippen LogP contribution in [0.25, 0.3) is 0 Å². The van der Waals surface area contributed by atoms with Gasteiger partial charge in [-0.1, -0.05) is 65.7 Å². The topological polar surface area (TPSA) is 66.9 Å². The van der Waals surface area contributed by atoms with Crippen molar-refractivity contribution in [1.82, 2.24) is 4.90 Å². The molecule has 13 heteroatoms. The molecule has 45 heavy (non-hydrogen) atoms. The first-order valence-electron chi connectivity index (χ1n) is 14.2. The molecule has 1 heterocycles. The Morgan fingerprint density at radius 3 is 2.29 bits per heavy atom. The average molecular weight is 686 g/mol. The largest absolute Gasteiger partial charge is 0.391 e. The van der Waals surface area contributed by atoms with E-state index in [4.69, 9.17) is 27.9 Å². The van der Waals surface area contributed by atoms with Crippen molar-refractivity contribution in [3.05, 3.63) is 112 Å². The number of carbonyl (C=O) groups is 1. The second-order valence-corrected chi connectivity index (χ2v) is 14.1. The molecule has 1 saturated heterocycles. The Labute approximate surface area is 269 Å². The summed E-state index contributed by atoms with van der Waals surface area (Å²) in [5, 5.41) is -0.183. The van der Waals surface area contributed by atoms with E-state index < -0.39 is 76.1 Å². The Hall–Kier alpha value is -3.12. The number of hydrogen-bond acceptors (Lipinski definition) is 4. The third-order valence-electron chi connectivity index (χ3n) is 7.81. The van der Waals surface area contributed by atoms with Crippen LogP contribution in [-0.2, 0) is 19.6 Å². The van der Waals surface area contributed by atoms with E-state index in [9.17, 15) is 26.4 Å². The van der Waals surface area contributed by atoms with Gasteiger partial charge in [-0.2, -0.15) is 13.2 Å². The molecule has 2 fully saturated rings. The summed E-state index contributed by atoms with van der Waals surface area (Å²) in [7, 11) is -4.29. The standard InChI is InChI=1S/C32H30Cl2F4N2O4S/c1-2-6-28-31(41)40(29(20-11-13-22(33)14-12-20)30(44-28)21-7-5-8-23(34)17-21)24(18-32(36,37)38)19-39(45(42,43)25-15-16-25)27-10-4-3-9-26(27)35/h2-5,7-14,17,24-25,28-30H,1,6,15-16,18-19H2/t24-,28-,29-,30-/m1/s1. The Kier molecular flexibility index (Phi) is 9.84. The normalized spacial score (nSPS) is 21.4. The number of benzene rings is 3. The molecule has 0 radical (unpaired) electrons. The molecule has 1 saturated carbocycles. The molecule has 240 valence electrons. The molecular weight excluding hydrogens is 655 g/mol. The number of nitrogens with zero attached hydrogens (tertiary/aromatic N) is 2. The number of morpholine rings is 1. The number of anilines is 1. The molecule has 2 aliphatic rings. The highest BCUT2D eigenvalue weighted by Gasteiger charge is 2.51. The molecule has 0 aromatic heterocycles. The number of ether oxygens (including phenoxy) is 1. The Bertz CT molecular complexity index is 1650. The molecule has 6 nitrogen and oxygen atoms in total. The summed E-state index contributed by atoms with van der Waals surface area (Å²) >= 11 is 12.4. The van der Waals surface area contributed by atoms with Crippen LogP contribution in [0.15, 0.2) is 85.5 Å². The fourth-order valence-electron chi connectivity index (χ4n) is 5.66. The first kappa shape index (κ1) is 33.2. The zero-order valence-electron chi connectivity index (χ0n) is 23.8. The second kappa shape index (κ2) is 13.3. The number of rotatable bonds is 11. The molecule has 5 rings (SSSR count). The van der Waals surface area contributed by atoms with Crippen LogP contribution in [0.1, 0.15) is 49.0 Å². The predicted molar refractivity (Wildman–Crippen MR) is 165 cm³/mol. The van der Waals surface area contributed by atoms with Crippen molar-refractivity contribution in [3.63, 3.8) is 0 Å². The van der Waals surface area contributed by atoms with E-state index in [1.54, 1.807) is 36.4 Å². The van der Waals surface area contributed by atoms with Crippen molar-refractivity contribution >= 4 is 44.8 Å². The van der Waals surface area contributed by atoms with Gasteiger partial charge in [0.05, 0.1) is 36.0 Å². The number of amides is 1. The average Bonchev–Trinajstić information content (AvgIpc) is 3.83. The Morgan fingerprint density at radius 2 is 1.69 bits per heavy atom. The van der Waals surface area contributed by atoms with E-state index in [-0.39, 0.29) is 6.42 Å². The van der Waals surface area contributed by atoms with E-state index in [0.717, 1.165) is 11.0 Å². The molecule has 4 atom stereocenters.